The Morgan fingerprint density at radius 2 is 1.94 bits per heavy atom. The third-order valence-corrected chi connectivity index (χ3v) is 6.28. The van der Waals surface area contributed by atoms with Gasteiger partial charge in [-0.05, 0) is 60.7 Å². The highest BCUT2D eigenvalue weighted by Crippen LogP contribution is 2.19. The first kappa shape index (κ1) is 22.2. The first-order chi connectivity index (χ1) is 16.6. The van der Waals surface area contributed by atoms with E-state index in [1.54, 1.807) is 6.07 Å². The maximum absolute atomic E-state index is 12.6. The lowest BCUT2D eigenvalue weighted by atomic mass is 10.00. The maximum atomic E-state index is 12.6. The van der Waals surface area contributed by atoms with E-state index < -0.39 is 0 Å². The smallest absolute Gasteiger partial charge is 0.251 e. The van der Waals surface area contributed by atoms with Crippen LogP contribution in [0, 0.1) is 6.92 Å². The number of nitrogens with zero attached hydrogens (tertiary/aromatic N) is 3. The molecule has 0 unspecified atom stereocenters. The van der Waals surface area contributed by atoms with E-state index in [9.17, 15) is 4.79 Å². The summed E-state index contributed by atoms with van der Waals surface area (Å²) in [6.45, 7) is 6.12. The number of amides is 1. The molecule has 6 nitrogen and oxygen atoms in total. The van der Waals surface area contributed by atoms with Crippen molar-refractivity contribution in [3.05, 3.63) is 101 Å². The van der Waals surface area contributed by atoms with Gasteiger partial charge in [-0.1, -0.05) is 36.4 Å². The summed E-state index contributed by atoms with van der Waals surface area (Å²) in [5.74, 6) is 0.588. The molecule has 1 aliphatic heterocycles. The van der Waals surface area contributed by atoms with E-state index in [1.807, 2.05) is 47.1 Å². The third kappa shape index (κ3) is 5.29. The SMILES string of the molecule is Cc1ccc2nc(COc3cccc(C(=O)NCCCN4CCc5ccccc5C4)c3)cn2c1. The van der Waals surface area contributed by atoms with Crippen LogP contribution in [0.5, 0.6) is 5.75 Å². The fourth-order valence-electron chi connectivity index (χ4n) is 4.46. The minimum Gasteiger partial charge on any atom is -0.487 e. The molecule has 5 rings (SSSR count). The molecule has 1 N–H and O–H groups in total. The lowest BCUT2D eigenvalue weighted by molar-refractivity contribution is 0.0950. The van der Waals surface area contributed by atoms with Gasteiger partial charge in [0.15, 0.2) is 0 Å². The Labute approximate surface area is 200 Å². The summed E-state index contributed by atoms with van der Waals surface area (Å²) in [6, 6.07) is 20.0. The molecule has 34 heavy (non-hydrogen) atoms. The molecule has 3 heterocycles. The zero-order valence-electron chi connectivity index (χ0n) is 19.5. The minimum absolute atomic E-state index is 0.0716. The lowest BCUT2D eigenvalue weighted by Gasteiger charge is -2.28. The summed E-state index contributed by atoms with van der Waals surface area (Å²) in [5, 5.41) is 3.04. The number of benzene rings is 2. The second kappa shape index (κ2) is 10.1. The van der Waals surface area contributed by atoms with Crippen LogP contribution in [0.25, 0.3) is 5.65 Å². The molecule has 4 aromatic rings. The van der Waals surface area contributed by atoms with Gasteiger partial charge < -0.3 is 14.5 Å². The Morgan fingerprint density at radius 1 is 1.06 bits per heavy atom. The van der Waals surface area contributed by atoms with Gasteiger partial charge in [-0.15, -0.1) is 0 Å². The molecular weight excluding hydrogens is 424 g/mol. The normalized spacial score (nSPS) is 13.6. The first-order valence-corrected chi connectivity index (χ1v) is 11.9. The number of aromatic nitrogens is 2. The number of fused-ring (bicyclic) bond motifs is 2. The van der Waals surface area contributed by atoms with E-state index >= 15 is 0 Å². The van der Waals surface area contributed by atoms with E-state index in [2.05, 4.69) is 46.4 Å². The summed E-state index contributed by atoms with van der Waals surface area (Å²) in [6.07, 6.45) is 6.04. The molecule has 0 bridgehead atoms. The van der Waals surface area contributed by atoms with Crippen LogP contribution in [-0.2, 0) is 19.6 Å². The zero-order valence-corrected chi connectivity index (χ0v) is 19.5. The van der Waals surface area contributed by atoms with E-state index in [-0.39, 0.29) is 5.91 Å². The molecule has 0 atom stereocenters. The average Bonchev–Trinajstić information content (AvgIpc) is 3.27. The summed E-state index contributed by atoms with van der Waals surface area (Å²) in [5.41, 5.74) is 6.41. The van der Waals surface area contributed by atoms with Crippen molar-refractivity contribution in [2.75, 3.05) is 19.6 Å². The number of rotatable bonds is 8. The predicted molar refractivity (Wildman–Crippen MR) is 133 cm³/mol. The molecular formula is C28H30N4O2. The Kier molecular flexibility index (Phi) is 6.58. The molecule has 0 radical (unpaired) electrons. The molecule has 1 amide bonds. The highest BCUT2D eigenvalue weighted by molar-refractivity contribution is 5.94. The quantitative estimate of drug-likeness (QED) is 0.401. The highest BCUT2D eigenvalue weighted by Gasteiger charge is 2.15. The molecule has 174 valence electrons. The Morgan fingerprint density at radius 3 is 2.85 bits per heavy atom. The number of hydrogen-bond acceptors (Lipinski definition) is 4. The van der Waals surface area contributed by atoms with Gasteiger partial charge in [-0.3, -0.25) is 9.69 Å². The number of carbonyl (C=O) groups excluding carboxylic acids is 1. The van der Waals surface area contributed by atoms with Crippen molar-refractivity contribution in [3.63, 3.8) is 0 Å². The fraction of sp³-hybridized carbons (Fsp3) is 0.286. The van der Waals surface area contributed by atoms with Crippen LogP contribution in [-0.4, -0.2) is 39.8 Å². The molecule has 0 saturated carbocycles. The topological polar surface area (TPSA) is 58.9 Å². The fourth-order valence-corrected chi connectivity index (χ4v) is 4.46. The monoisotopic (exact) mass is 454 g/mol. The molecule has 0 saturated heterocycles. The number of pyridine rings is 1. The summed E-state index contributed by atoms with van der Waals surface area (Å²) >= 11 is 0. The van der Waals surface area contributed by atoms with Gasteiger partial charge in [0.2, 0.25) is 0 Å². The van der Waals surface area contributed by atoms with Gasteiger partial charge in [0.25, 0.3) is 5.91 Å². The molecule has 2 aromatic heterocycles. The standard InChI is InChI=1S/C28H30N4O2/c1-21-10-11-27-30-25(19-32(27)17-21)20-34-26-9-4-8-23(16-26)28(33)29-13-5-14-31-15-12-22-6-2-3-7-24(22)18-31/h2-4,6-11,16-17,19H,5,12-15,18,20H2,1H3,(H,29,33). The maximum Gasteiger partial charge on any atom is 0.251 e. The lowest BCUT2D eigenvalue weighted by Crippen LogP contribution is -2.33. The van der Waals surface area contributed by atoms with Crippen molar-refractivity contribution >= 4 is 11.6 Å². The molecule has 6 heteroatoms. The largest absolute Gasteiger partial charge is 0.487 e. The summed E-state index contributed by atoms with van der Waals surface area (Å²) < 4.78 is 7.91. The van der Waals surface area contributed by atoms with Crippen molar-refractivity contribution in [1.82, 2.24) is 19.6 Å². The Balaban J connectivity index is 1.09. The van der Waals surface area contributed by atoms with Crippen molar-refractivity contribution < 1.29 is 9.53 Å². The molecule has 1 aliphatic rings. The first-order valence-electron chi connectivity index (χ1n) is 11.9. The molecule has 2 aromatic carbocycles. The van der Waals surface area contributed by atoms with Crippen LogP contribution in [0.4, 0.5) is 0 Å². The predicted octanol–water partition coefficient (Wildman–Crippen LogP) is 4.40. The van der Waals surface area contributed by atoms with Gasteiger partial charge in [-0.25, -0.2) is 4.98 Å². The number of ether oxygens (including phenoxy) is 1. The highest BCUT2D eigenvalue weighted by atomic mass is 16.5. The summed E-state index contributed by atoms with van der Waals surface area (Å²) in [4.78, 5) is 19.7. The number of carbonyl (C=O) groups is 1. The summed E-state index contributed by atoms with van der Waals surface area (Å²) in [7, 11) is 0. The van der Waals surface area contributed by atoms with Crippen LogP contribution in [0.1, 0.15) is 39.2 Å². The van der Waals surface area contributed by atoms with E-state index in [1.165, 1.54) is 16.7 Å². The second-order valence-electron chi connectivity index (χ2n) is 8.92. The third-order valence-electron chi connectivity index (χ3n) is 6.28. The van der Waals surface area contributed by atoms with Gasteiger partial charge in [0, 0.05) is 44.1 Å². The number of aryl methyl sites for hydroxylation is 1. The van der Waals surface area contributed by atoms with Crippen LogP contribution < -0.4 is 10.1 Å². The zero-order chi connectivity index (χ0) is 23.3. The Bertz CT molecular complexity index is 1300. The van der Waals surface area contributed by atoms with Crippen molar-refractivity contribution in [2.24, 2.45) is 0 Å². The van der Waals surface area contributed by atoms with Crippen LogP contribution in [0.15, 0.2) is 73.1 Å². The second-order valence-corrected chi connectivity index (χ2v) is 8.92. The number of nitrogens with one attached hydrogen (secondary N) is 1. The molecule has 0 aliphatic carbocycles. The van der Waals surface area contributed by atoms with E-state index in [0.29, 0.717) is 24.5 Å². The van der Waals surface area contributed by atoms with E-state index in [0.717, 1.165) is 43.8 Å². The van der Waals surface area contributed by atoms with Crippen molar-refractivity contribution in [2.45, 2.75) is 32.9 Å². The van der Waals surface area contributed by atoms with Crippen LogP contribution in [0.3, 0.4) is 0 Å². The van der Waals surface area contributed by atoms with Crippen molar-refractivity contribution in [3.8, 4) is 5.75 Å². The average molecular weight is 455 g/mol. The van der Waals surface area contributed by atoms with Gasteiger partial charge in [0.05, 0.1) is 5.69 Å². The Hall–Kier alpha value is -3.64. The van der Waals surface area contributed by atoms with Gasteiger partial charge in [-0.2, -0.15) is 0 Å². The van der Waals surface area contributed by atoms with Gasteiger partial charge >= 0.3 is 0 Å². The number of imidazole rings is 1. The van der Waals surface area contributed by atoms with Gasteiger partial charge in [0.1, 0.15) is 18.0 Å². The minimum atomic E-state index is -0.0716. The molecule has 0 fully saturated rings. The number of hydrogen-bond donors (Lipinski definition) is 1. The van der Waals surface area contributed by atoms with Crippen LogP contribution >= 0.6 is 0 Å². The molecule has 0 spiro atoms. The van der Waals surface area contributed by atoms with Crippen LogP contribution in [0.2, 0.25) is 0 Å². The van der Waals surface area contributed by atoms with Crippen molar-refractivity contribution in [1.29, 1.82) is 0 Å². The van der Waals surface area contributed by atoms with E-state index in [4.69, 9.17) is 4.74 Å².